The van der Waals surface area contributed by atoms with Gasteiger partial charge in [0.25, 0.3) is 0 Å². The normalized spacial score (nSPS) is 12.1. The molecule has 0 aromatic carbocycles. The van der Waals surface area contributed by atoms with E-state index in [1.165, 1.54) is 154 Å². The molecule has 0 spiro atoms. The molecule has 0 saturated heterocycles. The molecule has 1 atom stereocenters. The Hall–Kier alpha value is -2.11. The Morgan fingerprint density at radius 1 is 0.333 bits per heavy atom. The summed E-state index contributed by atoms with van der Waals surface area (Å²) in [5.74, 6) is -0.891. The van der Waals surface area contributed by atoms with Gasteiger partial charge in [-0.25, -0.2) is 0 Å². The molecule has 1 unspecified atom stereocenters. The van der Waals surface area contributed by atoms with Gasteiger partial charge in [-0.1, -0.05) is 199 Å². The van der Waals surface area contributed by atoms with Crippen molar-refractivity contribution in [3.8, 4) is 0 Å². The predicted octanol–water partition coefficient (Wildman–Crippen LogP) is 16.0. The molecule has 0 rings (SSSR count). The van der Waals surface area contributed by atoms with Gasteiger partial charge in [-0.15, -0.1) is 0 Å². The van der Waals surface area contributed by atoms with E-state index >= 15 is 0 Å². The smallest absolute Gasteiger partial charge is 0.306 e. The molecule has 0 amide bonds. The quantitative estimate of drug-likeness (QED) is 0.0264. The van der Waals surface area contributed by atoms with Crippen LogP contribution in [-0.4, -0.2) is 37.2 Å². The number of allylic oxidation sites excluding steroid dienone is 4. The number of rotatable bonds is 45. The van der Waals surface area contributed by atoms with Crippen LogP contribution in [0.25, 0.3) is 0 Å². The van der Waals surface area contributed by atoms with Crippen molar-refractivity contribution in [1.82, 2.24) is 0 Å². The van der Waals surface area contributed by atoms with Gasteiger partial charge in [-0.2, -0.15) is 0 Å². The molecule has 334 valence electrons. The van der Waals surface area contributed by atoms with E-state index < -0.39 is 6.10 Å². The number of unbranched alkanes of at least 4 members (excludes halogenated alkanes) is 30. The fourth-order valence-corrected chi connectivity index (χ4v) is 7.14. The molecule has 6 heteroatoms. The number of hydrogen-bond donors (Lipinski definition) is 0. The second-order valence-corrected chi connectivity index (χ2v) is 16.7. The molecule has 0 fully saturated rings. The summed E-state index contributed by atoms with van der Waals surface area (Å²) in [5, 5.41) is 0. The molecule has 0 aliphatic rings. The van der Waals surface area contributed by atoms with E-state index in [4.69, 9.17) is 14.2 Å². The molecule has 0 aliphatic heterocycles. The van der Waals surface area contributed by atoms with Crippen molar-refractivity contribution >= 4 is 17.9 Å². The van der Waals surface area contributed by atoms with Crippen molar-refractivity contribution in [1.29, 1.82) is 0 Å². The second-order valence-electron chi connectivity index (χ2n) is 16.7. The Balaban J connectivity index is 4.11. The zero-order valence-corrected chi connectivity index (χ0v) is 38.1. The lowest BCUT2D eigenvalue weighted by Gasteiger charge is -2.18. The average molecular weight is 803 g/mol. The van der Waals surface area contributed by atoms with Gasteiger partial charge in [0.15, 0.2) is 6.10 Å². The highest BCUT2D eigenvalue weighted by Crippen LogP contribution is 2.15. The lowest BCUT2D eigenvalue weighted by Crippen LogP contribution is -2.30. The van der Waals surface area contributed by atoms with Crippen molar-refractivity contribution in [2.24, 2.45) is 0 Å². The van der Waals surface area contributed by atoms with Crippen molar-refractivity contribution in [3.63, 3.8) is 0 Å². The first-order valence-corrected chi connectivity index (χ1v) is 24.8. The molecule has 0 saturated carbocycles. The highest BCUT2D eigenvalue weighted by Gasteiger charge is 2.19. The molecular weight excluding hydrogens is 709 g/mol. The van der Waals surface area contributed by atoms with Crippen LogP contribution in [0, 0.1) is 0 Å². The van der Waals surface area contributed by atoms with E-state index in [2.05, 4.69) is 45.1 Å². The molecule has 0 aliphatic carbocycles. The van der Waals surface area contributed by atoms with Crippen molar-refractivity contribution in [3.05, 3.63) is 24.3 Å². The molecule has 0 aromatic heterocycles. The fraction of sp³-hybridized carbons (Fsp3) is 0.863. The van der Waals surface area contributed by atoms with Crippen molar-refractivity contribution < 1.29 is 28.6 Å². The van der Waals surface area contributed by atoms with Crippen LogP contribution in [-0.2, 0) is 28.6 Å². The Bertz CT molecular complexity index is 927. The first-order valence-electron chi connectivity index (χ1n) is 24.8. The van der Waals surface area contributed by atoms with Crippen LogP contribution in [0.4, 0.5) is 0 Å². The van der Waals surface area contributed by atoms with Crippen LogP contribution in [0.5, 0.6) is 0 Å². The summed E-state index contributed by atoms with van der Waals surface area (Å²) >= 11 is 0. The van der Waals surface area contributed by atoms with Crippen LogP contribution < -0.4 is 0 Å². The topological polar surface area (TPSA) is 78.9 Å². The first-order chi connectivity index (χ1) is 28.0. The first kappa shape index (κ1) is 54.9. The summed E-state index contributed by atoms with van der Waals surface area (Å²) in [7, 11) is 0. The van der Waals surface area contributed by atoms with Crippen LogP contribution >= 0.6 is 0 Å². The lowest BCUT2D eigenvalue weighted by atomic mass is 10.1. The highest BCUT2D eigenvalue weighted by atomic mass is 16.6. The zero-order valence-electron chi connectivity index (χ0n) is 38.1. The summed E-state index contributed by atoms with van der Waals surface area (Å²) in [6, 6.07) is 0. The minimum Gasteiger partial charge on any atom is -0.462 e. The maximum atomic E-state index is 12.7. The monoisotopic (exact) mass is 803 g/mol. The van der Waals surface area contributed by atoms with Crippen LogP contribution in [0.1, 0.15) is 265 Å². The Morgan fingerprint density at radius 3 is 0.895 bits per heavy atom. The summed E-state index contributed by atoms with van der Waals surface area (Å²) in [6.45, 7) is 6.54. The third kappa shape index (κ3) is 44.8. The Kier molecular flexibility index (Phi) is 44.9. The zero-order chi connectivity index (χ0) is 41.5. The molecular formula is C51H94O6. The van der Waals surface area contributed by atoms with Gasteiger partial charge in [0.05, 0.1) is 0 Å². The van der Waals surface area contributed by atoms with Gasteiger partial charge in [0, 0.05) is 19.3 Å². The molecule has 57 heavy (non-hydrogen) atoms. The van der Waals surface area contributed by atoms with Gasteiger partial charge in [0.2, 0.25) is 0 Å². The SMILES string of the molecule is CCCCCC/C=C\CCCCCCCC(=O)OC(COC(=O)CCCCCCC)COC(=O)CCCCCCCCCCC/C=C\CCCCCCCCCC. The molecule has 0 bridgehead atoms. The lowest BCUT2D eigenvalue weighted by molar-refractivity contribution is -0.167. The van der Waals surface area contributed by atoms with E-state index in [1.807, 2.05) is 0 Å². The molecule has 0 radical (unpaired) electrons. The van der Waals surface area contributed by atoms with E-state index in [9.17, 15) is 14.4 Å². The largest absolute Gasteiger partial charge is 0.462 e. The van der Waals surface area contributed by atoms with Gasteiger partial charge >= 0.3 is 17.9 Å². The maximum absolute atomic E-state index is 12.7. The minimum atomic E-state index is -0.769. The number of carbonyl (C=O) groups is 3. The second kappa shape index (κ2) is 46.6. The number of ether oxygens (including phenoxy) is 3. The van der Waals surface area contributed by atoms with E-state index in [1.54, 1.807) is 0 Å². The third-order valence-electron chi connectivity index (χ3n) is 10.9. The maximum Gasteiger partial charge on any atom is 0.306 e. The van der Waals surface area contributed by atoms with E-state index in [0.29, 0.717) is 19.3 Å². The van der Waals surface area contributed by atoms with Crippen LogP contribution in [0.3, 0.4) is 0 Å². The molecule has 0 N–H and O–H groups in total. The summed E-state index contributed by atoms with van der Waals surface area (Å²) in [5.41, 5.74) is 0. The van der Waals surface area contributed by atoms with E-state index in [-0.39, 0.29) is 31.1 Å². The Morgan fingerprint density at radius 2 is 0.579 bits per heavy atom. The van der Waals surface area contributed by atoms with Gasteiger partial charge in [-0.3, -0.25) is 14.4 Å². The standard InChI is InChI=1S/C51H94O6/c1-4-7-10-13-15-17-19-21-22-23-24-25-26-27-28-30-31-33-35-38-41-44-50(53)56-47-48(46-55-49(52)43-40-37-12-9-6-3)57-51(54)45-42-39-36-34-32-29-20-18-16-14-11-8-5-2/h18,20,23-24,48H,4-17,19,21-22,25-47H2,1-3H3/b20-18-,24-23-. The third-order valence-corrected chi connectivity index (χ3v) is 10.9. The highest BCUT2D eigenvalue weighted by molar-refractivity contribution is 5.71. The number of carbonyl (C=O) groups excluding carboxylic acids is 3. The van der Waals surface area contributed by atoms with Crippen molar-refractivity contribution in [2.75, 3.05) is 13.2 Å². The Labute approximate surface area is 353 Å². The minimum absolute atomic E-state index is 0.0739. The molecule has 6 nitrogen and oxygen atoms in total. The van der Waals surface area contributed by atoms with Crippen LogP contribution in [0.15, 0.2) is 24.3 Å². The number of esters is 3. The summed E-state index contributed by atoms with van der Waals surface area (Å²) in [4.78, 5) is 37.5. The van der Waals surface area contributed by atoms with Gasteiger partial charge < -0.3 is 14.2 Å². The van der Waals surface area contributed by atoms with Gasteiger partial charge in [0.1, 0.15) is 13.2 Å². The molecule has 0 aromatic rings. The van der Waals surface area contributed by atoms with E-state index in [0.717, 1.165) is 70.6 Å². The van der Waals surface area contributed by atoms with Gasteiger partial charge in [-0.05, 0) is 70.6 Å². The summed E-state index contributed by atoms with van der Waals surface area (Å²) < 4.78 is 16.6. The van der Waals surface area contributed by atoms with Crippen molar-refractivity contribution in [2.45, 2.75) is 271 Å². The predicted molar refractivity (Wildman–Crippen MR) is 243 cm³/mol. The summed E-state index contributed by atoms with van der Waals surface area (Å²) in [6.07, 6.45) is 52.0. The average Bonchev–Trinajstić information content (AvgIpc) is 3.21. The van der Waals surface area contributed by atoms with Crippen LogP contribution in [0.2, 0.25) is 0 Å². The fourth-order valence-electron chi connectivity index (χ4n) is 7.14. The molecule has 0 heterocycles. The number of hydrogen-bond acceptors (Lipinski definition) is 6.